The molecule has 1 unspecified atom stereocenters. The molecule has 3 heteroatoms. The summed E-state index contributed by atoms with van der Waals surface area (Å²) >= 11 is 0. The molecule has 3 nitrogen and oxygen atoms in total. The molecule has 0 aromatic carbocycles. The van der Waals surface area contributed by atoms with Crippen molar-refractivity contribution in [3.8, 4) is 0 Å². The van der Waals surface area contributed by atoms with Crippen molar-refractivity contribution in [2.45, 2.75) is 18.9 Å². The smallest absolute Gasteiger partial charge is 0.293 e. The molecule has 1 rings (SSSR count). The molecule has 52 valence electrons. The molecule has 0 aliphatic carbocycles. The van der Waals surface area contributed by atoms with E-state index in [1.165, 1.54) is 0 Å². The lowest BCUT2D eigenvalue weighted by Gasteiger charge is -1.93. The second-order valence-corrected chi connectivity index (χ2v) is 2.06. The lowest BCUT2D eigenvalue weighted by Crippen LogP contribution is -1.94. The highest BCUT2D eigenvalue weighted by molar-refractivity contribution is 5.36. The molecule has 0 spiro atoms. The zero-order chi connectivity index (χ0) is 6.53. The first-order valence-corrected chi connectivity index (χ1v) is 3.10. The molecule has 1 aliphatic rings. The molecular formula is C6H10O3. The first-order chi connectivity index (χ1) is 4.43. The van der Waals surface area contributed by atoms with Crippen LogP contribution >= 0.6 is 0 Å². The number of hydrogen-bond acceptors (Lipinski definition) is 3. The van der Waals surface area contributed by atoms with Crippen LogP contribution in [0.4, 0.5) is 0 Å². The van der Waals surface area contributed by atoms with Crippen molar-refractivity contribution in [1.29, 1.82) is 0 Å². The molecule has 1 saturated heterocycles. The van der Waals surface area contributed by atoms with E-state index in [1.807, 2.05) is 0 Å². The molecule has 1 aliphatic heterocycles. The van der Waals surface area contributed by atoms with Gasteiger partial charge in [-0.05, 0) is 12.8 Å². The molecule has 0 aromatic heterocycles. The number of rotatable bonds is 5. The molecule has 1 atom stereocenters. The summed E-state index contributed by atoms with van der Waals surface area (Å²) in [5, 5.41) is 0. The third kappa shape index (κ3) is 3.08. The van der Waals surface area contributed by atoms with E-state index in [4.69, 9.17) is 4.74 Å². The lowest BCUT2D eigenvalue weighted by molar-refractivity contribution is -0.128. The van der Waals surface area contributed by atoms with E-state index >= 15 is 0 Å². The molecule has 1 fully saturated rings. The SMILES string of the molecule is O=COCCCC1CO1. The first-order valence-electron chi connectivity index (χ1n) is 3.10. The third-order valence-corrected chi connectivity index (χ3v) is 1.26. The number of epoxide rings is 1. The number of hydrogen-bond donors (Lipinski definition) is 0. The van der Waals surface area contributed by atoms with E-state index in [0.29, 0.717) is 19.2 Å². The Kier molecular flexibility index (Phi) is 2.51. The highest BCUT2D eigenvalue weighted by Gasteiger charge is 2.20. The van der Waals surface area contributed by atoms with Gasteiger partial charge >= 0.3 is 0 Å². The summed E-state index contributed by atoms with van der Waals surface area (Å²) in [7, 11) is 0. The van der Waals surface area contributed by atoms with Gasteiger partial charge in [0.1, 0.15) is 0 Å². The minimum absolute atomic E-state index is 0.459. The minimum atomic E-state index is 0.459. The van der Waals surface area contributed by atoms with Gasteiger partial charge in [0, 0.05) is 0 Å². The normalized spacial score (nSPS) is 23.3. The quantitative estimate of drug-likeness (QED) is 0.306. The Morgan fingerprint density at radius 1 is 1.78 bits per heavy atom. The van der Waals surface area contributed by atoms with Crippen molar-refractivity contribution in [3.05, 3.63) is 0 Å². The fourth-order valence-electron chi connectivity index (χ4n) is 0.677. The highest BCUT2D eigenvalue weighted by atomic mass is 16.6. The largest absolute Gasteiger partial charge is 0.468 e. The van der Waals surface area contributed by atoms with E-state index in [-0.39, 0.29) is 0 Å². The summed E-state index contributed by atoms with van der Waals surface area (Å²) in [5.74, 6) is 0. The highest BCUT2D eigenvalue weighted by Crippen LogP contribution is 2.14. The Balaban J connectivity index is 1.75. The van der Waals surface area contributed by atoms with Crippen LogP contribution in [-0.4, -0.2) is 25.8 Å². The number of carbonyl (C=O) groups is 1. The van der Waals surface area contributed by atoms with Gasteiger partial charge in [-0.2, -0.15) is 0 Å². The van der Waals surface area contributed by atoms with Crippen molar-refractivity contribution >= 4 is 6.47 Å². The van der Waals surface area contributed by atoms with Crippen LogP contribution in [0.1, 0.15) is 12.8 Å². The van der Waals surface area contributed by atoms with Gasteiger partial charge in [-0.25, -0.2) is 0 Å². The van der Waals surface area contributed by atoms with Gasteiger partial charge in [0.25, 0.3) is 6.47 Å². The average Bonchev–Trinajstić information content (AvgIpc) is 2.63. The van der Waals surface area contributed by atoms with Crippen LogP contribution in [-0.2, 0) is 14.3 Å². The van der Waals surface area contributed by atoms with Crippen LogP contribution in [0.3, 0.4) is 0 Å². The van der Waals surface area contributed by atoms with Crippen LogP contribution in [0, 0.1) is 0 Å². The molecule has 0 amide bonds. The Morgan fingerprint density at radius 2 is 2.56 bits per heavy atom. The summed E-state index contributed by atoms with van der Waals surface area (Å²) in [4.78, 5) is 9.61. The molecule has 0 aromatic rings. The first kappa shape index (κ1) is 6.55. The van der Waals surface area contributed by atoms with Crippen molar-refractivity contribution in [3.63, 3.8) is 0 Å². The molecule has 1 heterocycles. The second kappa shape index (κ2) is 3.45. The number of ether oxygens (including phenoxy) is 2. The average molecular weight is 130 g/mol. The third-order valence-electron chi connectivity index (χ3n) is 1.26. The molecular weight excluding hydrogens is 120 g/mol. The summed E-state index contributed by atoms with van der Waals surface area (Å²) < 4.78 is 9.42. The van der Waals surface area contributed by atoms with Gasteiger partial charge in [-0.1, -0.05) is 0 Å². The zero-order valence-electron chi connectivity index (χ0n) is 5.21. The maximum absolute atomic E-state index is 9.61. The standard InChI is InChI=1S/C6H10O3/c7-5-8-3-1-2-6-4-9-6/h5-6H,1-4H2. The van der Waals surface area contributed by atoms with Crippen molar-refractivity contribution in [2.24, 2.45) is 0 Å². The predicted octanol–water partition coefficient (Wildman–Crippen LogP) is 0.338. The van der Waals surface area contributed by atoms with Crippen LogP contribution in [0.5, 0.6) is 0 Å². The second-order valence-electron chi connectivity index (χ2n) is 2.06. The molecule has 0 radical (unpaired) electrons. The fraction of sp³-hybridized carbons (Fsp3) is 0.833. The summed E-state index contributed by atoms with van der Waals surface area (Å²) in [6.07, 6.45) is 2.40. The molecule has 0 N–H and O–H groups in total. The van der Waals surface area contributed by atoms with Gasteiger partial charge in [-0.3, -0.25) is 4.79 Å². The Bertz CT molecular complexity index is 88.3. The van der Waals surface area contributed by atoms with E-state index < -0.39 is 0 Å². The van der Waals surface area contributed by atoms with Crippen LogP contribution in [0.25, 0.3) is 0 Å². The maximum Gasteiger partial charge on any atom is 0.293 e. The Morgan fingerprint density at radius 3 is 3.11 bits per heavy atom. The fourth-order valence-corrected chi connectivity index (χ4v) is 0.677. The van der Waals surface area contributed by atoms with Crippen LogP contribution in [0.15, 0.2) is 0 Å². The summed E-state index contributed by atoms with van der Waals surface area (Å²) in [5.41, 5.74) is 0. The van der Waals surface area contributed by atoms with Gasteiger partial charge in [-0.15, -0.1) is 0 Å². The van der Waals surface area contributed by atoms with Crippen molar-refractivity contribution in [2.75, 3.05) is 13.2 Å². The van der Waals surface area contributed by atoms with E-state index in [2.05, 4.69) is 4.74 Å². The predicted molar refractivity (Wildman–Crippen MR) is 31.0 cm³/mol. The van der Waals surface area contributed by atoms with Gasteiger partial charge in [0.2, 0.25) is 0 Å². The van der Waals surface area contributed by atoms with Gasteiger partial charge < -0.3 is 9.47 Å². The summed E-state index contributed by atoms with van der Waals surface area (Å²) in [6, 6.07) is 0. The van der Waals surface area contributed by atoms with Gasteiger partial charge in [0.05, 0.1) is 19.3 Å². The van der Waals surface area contributed by atoms with Gasteiger partial charge in [0.15, 0.2) is 0 Å². The Labute approximate surface area is 53.9 Å². The molecule has 0 saturated carbocycles. The lowest BCUT2D eigenvalue weighted by atomic mass is 10.3. The van der Waals surface area contributed by atoms with E-state index in [1.54, 1.807) is 0 Å². The molecule has 9 heavy (non-hydrogen) atoms. The zero-order valence-corrected chi connectivity index (χ0v) is 5.21. The Hall–Kier alpha value is -0.570. The molecule has 0 bridgehead atoms. The number of carbonyl (C=O) groups excluding carboxylic acids is 1. The summed E-state index contributed by atoms with van der Waals surface area (Å²) in [6.45, 7) is 1.90. The van der Waals surface area contributed by atoms with Crippen LogP contribution < -0.4 is 0 Å². The maximum atomic E-state index is 9.61. The minimum Gasteiger partial charge on any atom is -0.468 e. The topological polar surface area (TPSA) is 38.8 Å². The van der Waals surface area contributed by atoms with Crippen molar-refractivity contribution < 1.29 is 14.3 Å². The van der Waals surface area contributed by atoms with E-state index in [0.717, 1.165) is 19.4 Å². The van der Waals surface area contributed by atoms with Crippen molar-refractivity contribution in [1.82, 2.24) is 0 Å². The van der Waals surface area contributed by atoms with E-state index in [9.17, 15) is 4.79 Å². The monoisotopic (exact) mass is 130 g/mol. The van der Waals surface area contributed by atoms with Crippen LogP contribution in [0.2, 0.25) is 0 Å².